The van der Waals surface area contributed by atoms with Gasteiger partial charge >= 0.3 is 0 Å². The molecular formula is C14H9N5O6. The average Bonchev–Trinajstić information content (AvgIpc) is 3.09. The van der Waals surface area contributed by atoms with Gasteiger partial charge in [0.2, 0.25) is 5.82 Å². The standard InChI is InChI=1S/C14H9N5O6/c20-18(21)10-4-11(19(22)23)6-12(5-10)24-8-13-16-14(17-25-13)9-2-1-3-15-7-9/h1-7H,8H2. The third-order valence-corrected chi connectivity index (χ3v) is 3.05. The van der Waals surface area contributed by atoms with Gasteiger partial charge < -0.3 is 9.26 Å². The summed E-state index contributed by atoms with van der Waals surface area (Å²) in [4.78, 5) is 28.2. The SMILES string of the molecule is O=[N+]([O-])c1cc(OCc2nc(-c3cccnc3)no2)cc([N+](=O)[O-])c1. The molecule has 0 unspecified atom stereocenters. The second-order valence-corrected chi connectivity index (χ2v) is 4.74. The Bertz CT molecular complexity index is 894. The molecular weight excluding hydrogens is 334 g/mol. The molecule has 25 heavy (non-hydrogen) atoms. The van der Waals surface area contributed by atoms with Crippen LogP contribution in [-0.4, -0.2) is 25.0 Å². The van der Waals surface area contributed by atoms with Crippen molar-refractivity contribution in [3.05, 3.63) is 68.8 Å². The number of non-ortho nitro benzene ring substituents is 2. The zero-order chi connectivity index (χ0) is 17.8. The van der Waals surface area contributed by atoms with E-state index in [9.17, 15) is 20.2 Å². The fourth-order valence-corrected chi connectivity index (χ4v) is 1.93. The molecule has 126 valence electrons. The number of hydrogen-bond donors (Lipinski definition) is 0. The van der Waals surface area contributed by atoms with Crippen molar-refractivity contribution in [1.82, 2.24) is 15.1 Å². The van der Waals surface area contributed by atoms with Gasteiger partial charge in [-0.1, -0.05) is 5.16 Å². The maximum absolute atomic E-state index is 10.8. The predicted molar refractivity (Wildman–Crippen MR) is 81.6 cm³/mol. The normalized spacial score (nSPS) is 10.4. The Hall–Kier alpha value is -3.89. The molecule has 0 aliphatic rings. The highest BCUT2D eigenvalue weighted by Crippen LogP contribution is 2.28. The molecule has 0 radical (unpaired) electrons. The minimum Gasteiger partial charge on any atom is -0.483 e. The Morgan fingerprint density at radius 2 is 1.84 bits per heavy atom. The number of pyridine rings is 1. The monoisotopic (exact) mass is 343 g/mol. The molecule has 2 heterocycles. The van der Waals surface area contributed by atoms with Crippen LogP contribution in [0.5, 0.6) is 5.75 Å². The maximum Gasteiger partial charge on any atom is 0.280 e. The molecule has 0 spiro atoms. The highest BCUT2D eigenvalue weighted by molar-refractivity contribution is 5.52. The van der Waals surface area contributed by atoms with Crippen LogP contribution in [0.4, 0.5) is 11.4 Å². The van der Waals surface area contributed by atoms with Crippen molar-refractivity contribution in [2.75, 3.05) is 0 Å². The number of nitro benzene ring substituents is 2. The molecule has 0 aliphatic heterocycles. The van der Waals surface area contributed by atoms with Crippen LogP contribution in [0, 0.1) is 20.2 Å². The number of rotatable bonds is 6. The first kappa shape index (κ1) is 16.0. The fraction of sp³-hybridized carbons (Fsp3) is 0.0714. The highest BCUT2D eigenvalue weighted by Gasteiger charge is 2.18. The van der Waals surface area contributed by atoms with E-state index in [0.717, 1.165) is 18.2 Å². The predicted octanol–water partition coefficient (Wildman–Crippen LogP) is 2.53. The first-order valence-electron chi connectivity index (χ1n) is 6.82. The molecule has 2 aromatic heterocycles. The summed E-state index contributed by atoms with van der Waals surface area (Å²) in [6.07, 6.45) is 3.15. The molecule has 3 rings (SSSR count). The Balaban J connectivity index is 1.77. The third-order valence-electron chi connectivity index (χ3n) is 3.05. The molecule has 0 saturated heterocycles. The van der Waals surface area contributed by atoms with E-state index in [1.165, 1.54) is 0 Å². The lowest BCUT2D eigenvalue weighted by Crippen LogP contribution is -1.99. The fourth-order valence-electron chi connectivity index (χ4n) is 1.93. The zero-order valence-corrected chi connectivity index (χ0v) is 12.4. The molecule has 0 atom stereocenters. The number of hydrogen-bond acceptors (Lipinski definition) is 9. The molecule has 11 heteroatoms. The molecule has 0 bridgehead atoms. The Morgan fingerprint density at radius 3 is 2.44 bits per heavy atom. The van der Waals surface area contributed by atoms with Gasteiger partial charge in [0.05, 0.1) is 28.0 Å². The van der Waals surface area contributed by atoms with Crippen LogP contribution >= 0.6 is 0 Å². The van der Waals surface area contributed by atoms with Crippen molar-refractivity contribution in [2.45, 2.75) is 6.61 Å². The van der Waals surface area contributed by atoms with Crippen molar-refractivity contribution in [2.24, 2.45) is 0 Å². The smallest absolute Gasteiger partial charge is 0.280 e. The number of nitrogens with zero attached hydrogens (tertiary/aromatic N) is 5. The van der Waals surface area contributed by atoms with Crippen LogP contribution in [0.1, 0.15) is 5.89 Å². The summed E-state index contributed by atoms with van der Waals surface area (Å²) >= 11 is 0. The third kappa shape index (κ3) is 3.72. The van der Waals surface area contributed by atoms with E-state index in [-0.39, 0.29) is 18.2 Å². The number of nitro groups is 2. The van der Waals surface area contributed by atoms with Crippen LogP contribution < -0.4 is 4.74 Å². The van der Waals surface area contributed by atoms with Gasteiger partial charge in [0.15, 0.2) is 6.61 Å². The van der Waals surface area contributed by atoms with Crippen molar-refractivity contribution < 1.29 is 19.1 Å². The summed E-state index contributed by atoms with van der Waals surface area (Å²) in [5.41, 5.74) is -0.264. The number of ether oxygens (including phenoxy) is 1. The van der Waals surface area contributed by atoms with Gasteiger partial charge in [0.25, 0.3) is 17.3 Å². The van der Waals surface area contributed by atoms with Gasteiger partial charge in [0.1, 0.15) is 5.75 Å². The average molecular weight is 343 g/mol. The van der Waals surface area contributed by atoms with Crippen molar-refractivity contribution >= 4 is 11.4 Å². The van der Waals surface area contributed by atoms with E-state index < -0.39 is 21.2 Å². The largest absolute Gasteiger partial charge is 0.483 e. The van der Waals surface area contributed by atoms with E-state index >= 15 is 0 Å². The Kier molecular flexibility index (Phi) is 4.28. The van der Waals surface area contributed by atoms with Crippen molar-refractivity contribution in [3.63, 3.8) is 0 Å². The van der Waals surface area contributed by atoms with E-state index in [2.05, 4.69) is 15.1 Å². The summed E-state index contributed by atoms with van der Waals surface area (Å²) in [5, 5.41) is 25.5. The maximum atomic E-state index is 10.8. The highest BCUT2D eigenvalue weighted by atomic mass is 16.6. The van der Waals surface area contributed by atoms with Gasteiger partial charge in [-0.05, 0) is 12.1 Å². The van der Waals surface area contributed by atoms with E-state index in [1.807, 2.05) is 0 Å². The molecule has 11 nitrogen and oxygen atoms in total. The van der Waals surface area contributed by atoms with Crippen molar-refractivity contribution in [3.8, 4) is 17.1 Å². The van der Waals surface area contributed by atoms with Crippen LogP contribution in [-0.2, 0) is 6.61 Å². The van der Waals surface area contributed by atoms with Crippen LogP contribution in [0.15, 0.2) is 47.2 Å². The molecule has 0 amide bonds. The lowest BCUT2D eigenvalue weighted by atomic mass is 10.2. The van der Waals surface area contributed by atoms with Gasteiger partial charge in [-0.15, -0.1) is 0 Å². The Labute approximate surface area is 139 Å². The van der Waals surface area contributed by atoms with E-state index in [4.69, 9.17) is 9.26 Å². The summed E-state index contributed by atoms with van der Waals surface area (Å²) in [5.74, 6) is 0.353. The lowest BCUT2D eigenvalue weighted by molar-refractivity contribution is -0.394. The lowest BCUT2D eigenvalue weighted by Gasteiger charge is -2.03. The zero-order valence-electron chi connectivity index (χ0n) is 12.4. The first-order valence-corrected chi connectivity index (χ1v) is 6.82. The second kappa shape index (κ2) is 6.70. The summed E-state index contributed by atoms with van der Waals surface area (Å²) in [7, 11) is 0. The molecule has 0 aliphatic carbocycles. The number of benzene rings is 1. The van der Waals surface area contributed by atoms with Crippen LogP contribution in [0.3, 0.4) is 0 Å². The van der Waals surface area contributed by atoms with Crippen molar-refractivity contribution in [1.29, 1.82) is 0 Å². The molecule has 0 fully saturated rings. The van der Waals surface area contributed by atoms with Gasteiger partial charge in [-0.3, -0.25) is 25.2 Å². The number of aromatic nitrogens is 3. The first-order chi connectivity index (χ1) is 12.0. The topological polar surface area (TPSA) is 147 Å². The molecule has 1 aromatic carbocycles. The van der Waals surface area contributed by atoms with Gasteiger partial charge in [-0.25, -0.2) is 0 Å². The van der Waals surface area contributed by atoms with Gasteiger partial charge in [0, 0.05) is 18.0 Å². The summed E-state index contributed by atoms with van der Waals surface area (Å²) in [6.45, 7) is -0.203. The summed E-state index contributed by atoms with van der Waals surface area (Å²) in [6, 6.07) is 6.45. The van der Waals surface area contributed by atoms with E-state index in [1.54, 1.807) is 24.5 Å². The minimum absolute atomic E-state index is 0.0537. The van der Waals surface area contributed by atoms with Crippen LogP contribution in [0.25, 0.3) is 11.4 Å². The molecule has 0 saturated carbocycles. The second-order valence-electron chi connectivity index (χ2n) is 4.74. The van der Waals surface area contributed by atoms with E-state index in [0.29, 0.717) is 11.4 Å². The molecule has 0 N–H and O–H groups in total. The Morgan fingerprint density at radius 1 is 1.12 bits per heavy atom. The summed E-state index contributed by atoms with van der Waals surface area (Å²) < 4.78 is 10.3. The van der Waals surface area contributed by atoms with Gasteiger partial charge in [-0.2, -0.15) is 4.98 Å². The van der Waals surface area contributed by atoms with Crippen LogP contribution in [0.2, 0.25) is 0 Å². The molecule has 3 aromatic rings. The minimum atomic E-state index is -0.743. The quantitative estimate of drug-likeness (QED) is 0.486.